The maximum absolute atomic E-state index is 13.1. The molecule has 6 nitrogen and oxygen atoms in total. The minimum absolute atomic E-state index is 0.00666. The summed E-state index contributed by atoms with van der Waals surface area (Å²) in [6, 6.07) is 19.9. The van der Waals surface area contributed by atoms with Gasteiger partial charge in [0.1, 0.15) is 0 Å². The summed E-state index contributed by atoms with van der Waals surface area (Å²) in [6.45, 7) is 5.24. The van der Waals surface area contributed by atoms with Crippen LogP contribution in [0.1, 0.15) is 30.0 Å². The number of nitrogens with one attached hydrogen (secondary N) is 1. The summed E-state index contributed by atoms with van der Waals surface area (Å²) in [4.78, 5) is 29.9. The summed E-state index contributed by atoms with van der Waals surface area (Å²) >= 11 is 0. The first kappa shape index (κ1) is 23.2. The first-order valence-corrected chi connectivity index (χ1v) is 11.9. The fourth-order valence-corrected chi connectivity index (χ4v) is 4.45. The van der Waals surface area contributed by atoms with E-state index in [1.165, 1.54) is 0 Å². The lowest BCUT2D eigenvalue weighted by molar-refractivity contribution is -0.132. The van der Waals surface area contributed by atoms with Gasteiger partial charge in [-0.2, -0.15) is 0 Å². The molecular weight excluding hydrogens is 414 g/mol. The van der Waals surface area contributed by atoms with Gasteiger partial charge in [0.05, 0.1) is 19.3 Å². The minimum Gasteiger partial charge on any atom is -0.379 e. The van der Waals surface area contributed by atoms with Crippen molar-refractivity contribution in [2.45, 2.75) is 18.9 Å². The molecule has 2 amide bonds. The molecule has 0 spiro atoms. The van der Waals surface area contributed by atoms with E-state index in [1.807, 2.05) is 59.5 Å². The fraction of sp³-hybridized carbons (Fsp3) is 0.407. The average Bonchev–Trinajstić information content (AvgIpc) is 2.88. The number of rotatable bonds is 7. The SMILES string of the molecule is O=C(NC(CN1CCOCC1)c1ccccc1)C1CCN(C(=O)C=Cc2ccccc2)CC1. The zero-order chi connectivity index (χ0) is 22.9. The molecule has 2 fully saturated rings. The molecule has 1 unspecified atom stereocenters. The molecule has 1 atom stereocenters. The Morgan fingerprint density at radius 3 is 2.24 bits per heavy atom. The Kier molecular flexibility index (Phi) is 8.28. The molecule has 6 heteroatoms. The lowest BCUT2D eigenvalue weighted by Crippen LogP contribution is -2.46. The number of piperidine rings is 1. The van der Waals surface area contributed by atoms with Crippen LogP contribution in [0, 0.1) is 5.92 Å². The molecule has 2 aliphatic heterocycles. The minimum atomic E-state index is -0.0666. The maximum Gasteiger partial charge on any atom is 0.246 e. The molecule has 2 aromatic rings. The summed E-state index contributed by atoms with van der Waals surface area (Å²) in [5.74, 6) is 0.0271. The highest BCUT2D eigenvalue weighted by Crippen LogP contribution is 2.21. The second-order valence-electron chi connectivity index (χ2n) is 8.73. The number of carbonyl (C=O) groups excluding carboxylic acids is 2. The third-order valence-electron chi connectivity index (χ3n) is 6.46. The Labute approximate surface area is 196 Å². The number of morpholine rings is 1. The van der Waals surface area contributed by atoms with E-state index in [2.05, 4.69) is 22.3 Å². The Balaban J connectivity index is 1.31. The van der Waals surface area contributed by atoms with Crippen molar-refractivity contribution >= 4 is 17.9 Å². The molecule has 0 aromatic heterocycles. The van der Waals surface area contributed by atoms with Crippen molar-refractivity contribution in [2.75, 3.05) is 45.9 Å². The van der Waals surface area contributed by atoms with E-state index in [9.17, 15) is 9.59 Å². The Morgan fingerprint density at radius 1 is 0.939 bits per heavy atom. The van der Waals surface area contributed by atoms with Crippen molar-refractivity contribution in [3.63, 3.8) is 0 Å². The van der Waals surface area contributed by atoms with Gasteiger partial charge in [-0.1, -0.05) is 60.7 Å². The normalized spacial score (nSPS) is 18.8. The molecule has 0 bridgehead atoms. The predicted octanol–water partition coefficient (Wildman–Crippen LogP) is 3.13. The van der Waals surface area contributed by atoms with Crippen molar-refractivity contribution in [3.8, 4) is 0 Å². The van der Waals surface area contributed by atoms with Crippen LogP contribution in [0.25, 0.3) is 6.08 Å². The molecule has 0 saturated carbocycles. The van der Waals surface area contributed by atoms with Crippen molar-refractivity contribution in [1.82, 2.24) is 15.1 Å². The molecule has 1 N–H and O–H groups in total. The van der Waals surface area contributed by atoms with Gasteiger partial charge < -0.3 is 15.0 Å². The maximum atomic E-state index is 13.1. The highest BCUT2D eigenvalue weighted by molar-refractivity contribution is 5.92. The van der Waals surface area contributed by atoms with Crippen LogP contribution in [0.2, 0.25) is 0 Å². The Morgan fingerprint density at radius 2 is 1.58 bits per heavy atom. The van der Waals surface area contributed by atoms with Gasteiger partial charge in [0.25, 0.3) is 0 Å². The van der Waals surface area contributed by atoms with Crippen LogP contribution < -0.4 is 5.32 Å². The fourth-order valence-electron chi connectivity index (χ4n) is 4.45. The van der Waals surface area contributed by atoms with E-state index in [4.69, 9.17) is 4.74 Å². The number of nitrogens with zero attached hydrogens (tertiary/aromatic N) is 2. The molecule has 0 aliphatic carbocycles. The van der Waals surface area contributed by atoms with E-state index < -0.39 is 0 Å². The van der Waals surface area contributed by atoms with Crippen molar-refractivity contribution in [2.24, 2.45) is 5.92 Å². The quantitative estimate of drug-likeness (QED) is 0.663. The lowest BCUT2D eigenvalue weighted by Gasteiger charge is -2.34. The monoisotopic (exact) mass is 447 g/mol. The van der Waals surface area contributed by atoms with Gasteiger partial charge in [-0.05, 0) is 30.0 Å². The zero-order valence-electron chi connectivity index (χ0n) is 19.1. The number of ether oxygens (including phenoxy) is 1. The van der Waals surface area contributed by atoms with Crippen molar-refractivity contribution in [3.05, 3.63) is 77.9 Å². The average molecular weight is 448 g/mol. The van der Waals surface area contributed by atoms with E-state index in [0.717, 1.165) is 44.0 Å². The number of likely N-dealkylation sites (tertiary alicyclic amines) is 1. The van der Waals surface area contributed by atoms with Crippen LogP contribution in [0.5, 0.6) is 0 Å². The topological polar surface area (TPSA) is 61.9 Å². The van der Waals surface area contributed by atoms with E-state index in [-0.39, 0.29) is 23.8 Å². The Hall–Kier alpha value is -2.96. The summed E-state index contributed by atoms with van der Waals surface area (Å²) in [7, 11) is 0. The third-order valence-corrected chi connectivity index (χ3v) is 6.46. The molecule has 0 radical (unpaired) electrons. The molecule has 2 heterocycles. The van der Waals surface area contributed by atoms with Gasteiger partial charge in [-0.15, -0.1) is 0 Å². The smallest absolute Gasteiger partial charge is 0.246 e. The largest absolute Gasteiger partial charge is 0.379 e. The number of hydrogen-bond donors (Lipinski definition) is 1. The van der Waals surface area contributed by atoms with E-state index in [0.29, 0.717) is 25.9 Å². The van der Waals surface area contributed by atoms with Gasteiger partial charge >= 0.3 is 0 Å². The Bertz CT molecular complexity index is 918. The molecule has 4 rings (SSSR count). The standard InChI is InChI=1S/C27H33N3O3/c31-26(12-11-22-7-3-1-4-8-22)30-15-13-24(14-16-30)27(32)28-25(23-9-5-2-6-10-23)21-29-17-19-33-20-18-29/h1-12,24-25H,13-21H2,(H,28,32). The number of carbonyl (C=O) groups is 2. The number of hydrogen-bond acceptors (Lipinski definition) is 4. The summed E-state index contributed by atoms with van der Waals surface area (Å²) in [5, 5.41) is 3.30. The first-order valence-electron chi connectivity index (χ1n) is 11.9. The van der Waals surface area contributed by atoms with Gasteiger partial charge in [0.15, 0.2) is 0 Å². The van der Waals surface area contributed by atoms with E-state index in [1.54, 1.807) is 6.08 Å². The van der Waals surface area contributed by atoms with Gasteiger partial charge in [0.2, 0.25) is 11.8 Å². The summed E-state index contributed by atoms with van der Waals surface area (Å²) < 4.78 is 5.47. The highest BCUT2D eigenvalue weighted by atomic mass is 16.5. The lowest BCUT2D eigenvalue weighted by atomic mass is 9.94. The molecule has 2 saturated heterocycles. The van der Waals surface area contributed by atoms with Crippen LogP contribution >= 0.6 is 0 Å². The molecule has 33 heavy (non-hydrogen) atoms. The van der Waals surface area contributed by atoms with Gasteiger partial charge in [-0.3, -0.25) is 14.5 Å². The van der Waals surface area contributed by atoms with Crippen molar-refractivity contribution in [1.29, 1.82) is 0 Å². The predicted molar refractivity (Wildman–Crippen MR) is 129 cm³/mol. The van der Waals surface area contributed by atoms with Crippen LogP contribution in [-0.2, 0) is 14.3 Å². The van der Waals surface area contributed by atoms with E-state index >= 15 is 0 Å². The molecule has 174 valence electrons. The number of amides is 2. The van der Waals surface area contributed by atoms with Crippen LogP contribution in [-0.4, -0.2) is 67.6 Å². The van der Waals surface area contributed by atoms with Gasteiger partial charge in [-0.25, -0.2) is 0 Å². The highest BCUT2D eigenvalue weighted by Gasteiger charge is 2.29. The van der Waals surface area contributed by atoms with Crippen LogP contribution in [0.3, 0.4) is 0 Å². The third kappa shape index (κ3) is 6.76. The zero-order valence-corrected chi connectivity index (χ0v) is 19.1. The summed E-state index contributed by atoms with van der Waals surface area (Å²) in [6.07, 6.45) is 4.85. The van der Waals surface area contributed by atoms with Crippen LogP contribution in [0.15, 0.2) is 66.7 Å². The molecular formula is C27H33N3O3. The second kappa shape index (κ2) is 11.8. The van der Waals surface area contributed by atoms with Crippen molar-refractivity contribution < 1.29 is 14.3 Å². The summed E-state index contributed by atoms with van der Waals surface area (Å²) in [5.41, 5.74) is 2.13. The van der Waals surface area contributed by atoms with Gasteiger partial charge in [0, 0.05) is 44.7 Å². The second-order valence-corrected chi connectivity index (χ2v) is 8.73. The number of benzene rings is 2. The molecule has 2 aromatic carbocycles. The molecule has 2 aliphatic rings. The first-order chi connectivity index (χ1) is 16.2. The van der Waals surface area contributed by atoms with Crippen LogP contribution in [0.4, 0.5) is 0 Å².